The maximum absolute atomic E-state index is 12.4. The predicted octanol–water partition coefficient (Wildman–Crippen LogP) is 1.42. The summed E-state index contributed by atoms with van der Waals surface area (Å²) in [6, 6.07) is 6.88. The van der Waals surface area contributed by atoms with E-state index >= 15 is 0 Å². The molecule has 2 aliphatic rings. The predicted molar refractivity (Wildman–Crippen MR) is 103 cm³/mol. The van der Waals surface area contributed by atoms with Crippen molar-refractivity contribution in [3.8, 4) is 0 Å². The van der Waals surface area contributed by atoms with Gasteiger partial charge in [0.1, 0.15) is 0 Å². The Kier molecular flexibility index (Phi) is 6.29. The number of piperazine rings is 1. The number of rotatable bonds is 8. The maximum atomic E-state index is 12.4. The number of benzene rings is 1. The lowest BCUT2D eigenvalue weighted by atomic mass is 10.1. The van der Waals surface area contributed by atoms with Crippen molar-refractivity contribution in [2.24, 2.45) is 0 Å². The van der Waals surface area contributed by atoms with Crippen LogP contribution in [0.4, 0.5) is 0 Å². The lowest BCUT2D eigenvalue weighted by molar-refractivity contribution is 0.0651. The molecular formula is C19H27N3O4S. The van der Waals surface area contributed by atoms with E-state index in [4.69, 9.17) is 0 Å². The number of unbranched alkanes of at least 4 members (excludes halogenated alkanes) is 3. The number of imide groups is 1. The minimum absolute atomic E-state index is 0.170. The van der Waals surface area contributed by atoms with E-state index in [1.807, 2.05) is 7.05 Å². The first-order valence-electron chi connectivity index (χ1n) is 9.52. The smallest absolute Gasteiger partial charge is 0.261 e. The molecule has 8 heteroatoms. The van der Waals surface area contributed by atoms with Crippen molar-refractivity contribution in [1.82, 2.24) is 14.1 Å². The number of carbonyl (C=O) groups is 2. The molecule has 1 aromatic rings. The lowest BCUT2D eigenvalue weighted by Crippen LogP contribution is -2.47. The molecule has 7 nitrogen and oxygen atoms in total. The average Bonchev–Trinajstić information content (AvgIpc) is 2.90. The molecule has 0 aromatic heterocycles. The number of amides is 2. The number of hydrogen-bond acceptors (Lipinski definition) is 5. The minimum atomic E-state index is -3.18. The average molecular weight is 394 g/mol. The van der Waals surface area contributed by atoms with E-state index in [0.717, 1.165) is 25.9 Å². The zero-order valence-electron chi connectivity index (χ0n) is 15.8. The van der Waals surface area contributed by atoms with E-state index in [1.54, 1.807) is 28.6 Å². The van der Waals surface area contributed by atoms with Crippen molar-refractivity contribution in [3.63, 3.8) is 0 Å². The molecule has 2 amide bonds. The van der Waals surface area contributed by atoms with Gasteiger partial charge in [-0.1, -0.05) is 25.0 Å². The molecule has 2 aliphatic heterocycles. The van der Waals surface area contributed by atoms with Crippen molar-refractivity contribution in [2.75, 3.05) is 45.5 Å². The highest BCUT2D eigenvalue weighted by Crippen LogP contribution is 2.22. The molecule has 3 rings (SSSR count). The largest absolute Gasteiger partial charge is 0.304 e. The molecule has 1 fully saturated rings. The van der Waals surface area contributed by atoms with Gasteiger partial charge in [0.25, 0.3) is 11.8 Å². The summed E-state index contributed by atoms with van der Waals surface area (Å²) in [7, 11) is -1.18. The van der Waals surface area contributed by atoms with E-state index in [9.17, 15) is 18.0 Å². The number of likely N-dealkylation sites (N-methyl/N-ethyl adjacent to an activating group) is 1. The van der Waals surface area contributed by atoms with Gasteiger partial charge < -0.3 is 4.90 Å². The topological polar surface area (TPSA) is 78.0 Å². The van der Waals surface area contributed by atoms with Gasteiger partial charge in [-0.25, -0.2) is 8.42 Å². The van der Waals surface area contributed by atoms with Gasteiger partial charge in [-0.3, -0.25) is 14.5 Å². The van der Waals surface area contributed by atoms with Crippen LogP contribution in [-0.2, 0) is 10.0 Å². The Morgan fingerprint density at radius 1 is 0.852 bits per heavy atom. The van der Waals surface area contributed by atoms with Gasteiger partial charge in [0, 0.05) is 32.7 Å². The second-order valence-corrected chi connectivity index (χ2v) is 9.33. The van der Waals surface area contributed by atoms with Crippen LogP contribution in [0.2, 0.25) is 0 Å². The number of carbonyl (C=O) groups excluding carboxylic acids is 2. The van der Waals surface area contributed by atoms with Gasteiger partial charge in [0.15, 0.2) is 0 Å². The van der Waals surface area contributed by atoms with Crippen LogP contribution in [0.1, 0.15) is 46.4 Å². The quantitative estimate of drug-likeness (QED) is 0.493. The first-order chi connectivity index (χ1) is 12.9. The molecule has 0 radical (unpaired) electrons. The molecule has 0 saturated carbocycles. The highest BCUT2D eigenvalue weighted by atomic mass is 32.2. The molecule has 0 bridgehead atoms. The number of fused-ring (bicyclic) bond motifs is 1. The Hall–Kier alpha value is -1.77. The molecule has 0 N–H and O–H groups in total. The van der Waals surface area contributed by atoms with Crippen LogP contribution in [0.25, 0.3) is 0 Å². The first kappa shape index (κ1) is 20.0. The van der Waals surface area contributed by atoms with E-state index in [1.165, 1.54) is 4.90 Å². The van der Waals surface area contributed by atoms with Crippen LogP contribution >= 0.6 is 0 Å². The summed E-state index contributed by atoms with van der Waals surface area (Å²) in [6.45, 7) is 3.08. The summed E-state index contributed by atoms with van der Waals surface area (Å²) >= 11 is 0. The standard InChI is InChI=1S/C19H27N3O4S/c1-20-11-13-21(14-12-20)27(25,26)15-7-3-2-6-10-22-18(23)16-8-4-5-9-17(16)19(22)24/h4-5,8-9H,2-3,6-7,10-15H2,1H3. The molecule has 0 aliphatic carbocycles. The summed E-state index contributed by atoms with van der Waals surface area (Å²) in [6.07, 6.45) is 2.87. The van der Waals surface area contributed by atoms with Gasteiger partial charge in [0.2, 0.25) is 10.0 Å². The second kappa shape index (κ2) is 8.50. The summed E-state index contributed by atoms with van der Waals surface area (Å²) < 4.78 is 26.3. The van der Waals surface area contributed by atoms with Crippen molar-refractivity contribution in [1.29, 1.82) is 0 Å². The number of nitrogens with zero attached hydrogens (tertiary/aromatic N) is 3. The Morgan fingerprint density at radius 3 is 2.00 bits per heavy atom. The van der Waals surface area contributed by atoms with E-state index in [0.29, 0.717) is 43.6 Å². The summed E-state index contributed by atoms with van der Waals surface area (Å²) in [5, 5.41) is 0. The van der Waals surface area contributed by atoms with Crippen molar-refractivity contribution in [2.45, 2.75) is 25.7 Å². The second-order valence-electron chi connectivity index (χ2n) is 7.24. The zero-order chi connectivity index (χ0) is 19.4. The normalized spacial score (nSPS) is 18.9. The molecule has 0 unspecified atom stereocenters. The third kappa shape index (κ3) is 4.56. The monoisotopic (exact) mass is 393 g/mol. The summed E-state index contributed by atoms with van der Waals surface area (Å²) in [5.41, 5.74) is 0.946. The lowest BCUT2D eigenvalue weighted by Gasteiger charge is -2.31. The SMILES string of the molecule is CN1CCN(S(=O)(=O)CCCCCCN2C(=O)c3ccccc3C2=O)CC1. The van der Waals surface area contributed by atoms with E-state index < -0.39 is 10.0 Å². The third-order valence-electron chi connectivity index (χ3n) is 5.27. The van der Waals surface area contributed by atoms with Gasteiger partial charge in [0.05, 0.1) is 16.9 Å². The fourth-order valence-corrected chi connectivity index (χ4v) is 5.09. The van der Waals surface area contributed by atoms with Crippen molar-refractivity contribution >= 4 is 21.8 Å². The molecular weight excluding hydrogens is 366 g/mol. The van der Waals surface area contributed by atoms with Gasteiger partial charge in [-0.15, -0.1) is 0 Å². The first-order valence-corrected chi connectivity index (χ1v) is 11.1. The molecule has 0 spiro atoms. The van der Waals surface area contributed by atoms with Gasteiger partial charge in [-0.05, 0) is 32.0 Å². The van der Waals surface area contributed by atoms with Crippen LogP contribution in [0.15, 0.2) is 24.3 Å². The maximum Gasteiger partial charge on any atom is 0.261 e. The van der Waals surface area contributed by atoms with Crippen molar-refractivity contribution < 1.29 is 18.0 Å². The molecule has 1 saturated heterocycles. The Labute approximate surface area is 161 Å². The van der Waals surface area contributed by atoms with E-state index in [-0.39, 0.29) is 17.6 Å². The minimum Gasteiger partial charge on any atom is -0.304 e. The fraction of sp³-hybridized carbons (Fsp3) is 0.579. The molecule has 0 atom stereocenters. The van der Waals surface area contributed by atoms with Crippen LogP contribution in [0.5, 0.6) is 0 Å². The molecule has 1 aromatic carbocycles. The Balaban J connectivity index is 1.37. The summed E-state index contributed by atoms with van der Waals surface area (Å²) in [4.78, 5) is 28.0. The highest BCUT2D eigenvalue weighted by Gasteiger charge is 2.34. The Bertz CT molecular complexity index is 766. The molecule has 27 heavy (non-hydrogen) atoms. The van der Waals surface area contributed by atoms with Crippen LogP contribution in [-0.4, -0.2) is 79.9 Å². The fourth-order valence-electron chi connectivity index (χ4n) is 3.55. The van der Waals surface area contributed by atoms with Crippen LogP contribution in [0.3, 0.4) is 0 Å². The molecule has 2 heterocycles. The Morgan fingerprint density at radius 2 is 1.41 bits per heavy atom. The third-order valence-corrected chi connectivity index (χ3v) is 7.22. The van der Waals surface area contributed by atoms with Crippen molar-refractivity contribution in [3.05, 3.63) is 35.4 Å². The van der Waals surface area contributed by atoms with Crippen LogP contribution in [0, 0.1) is 0 Å². The van der Waals surface area contributed by atoms with Gasteiger partial charge in [-0.2, -0.15) is 4.31 Å². The highest BCUT2D eigenvalue weighted by molar-refractivity contribution is 7.89. The summed E-state index contributed by atoms with van der Waals surface area (Å²) in [5.74, 6) is -0.287. The van der Waals surface area contributed by atoms with E-state index in [2.05, 4.69) is 4.90 Å². The zero-order valence-corrected chi connectivity index (χ0v) is 16.6. The number of hydrogen-bond donors (Lipinski definition) is 0. The number of sulfonamides is 1. The molecule has 148 valence electrons. The van der Waals surface area contributed by atoms with Gasteiger partial charge >= 0.3 is 0 Å². The van der Waals surface area contributed by atoms with Crippen LogP contribution < -0.4 is 0 Å².